The zero-order valence-corrected chi connectivity index (χ0v) is 17.4. The van der Waals surface area contributed by atoms with Crippen LogP contribution in [0.5, 0.6) is 0 Å². The maximum Gasteiger partial charge on any atom is 0.320 e. The first-order chi connectivity index (χ1) is 14.2. The summed E-state index contributed by atoms with van der Waals surface area (Å²) < 4.78 is 4.99. The van der Waals surface area contributed by atoms with E-state index in [2.05, 4.69) is 0 Å². The van der Waals surface area contributed by atoms with Crippen molar-refractivity contribution in [1.29, 1.82) is 0 Å². The third-order valence-electron chi connectivity index (χ3n) is 4.66. The Morgan fingerprint density at radius 1 is 0.600 bits per heavy atom. The minimum Gasteiger partial charge on any atom is -0.480 e. The number of esters is 1. The number of ether oxygens (including phenoxy) is 1. The van der Waals surface area contributed by atoms with E-state index >= 15 is 0 Å². The van der Waals surface area contributed by atoms with Crippen LogP contribution in [0.2, 0.25) is 0 Å². The van der Waals surface area contributed by atoms with Crippen LogP contribution in [0.3, 0.4) is 0 Å². The molecular weight excluding hydrogens is 400 g/mol. The number of aliphatic carboxylic acids is 3. The summed E-state index contributed by atoms with van der Waals surface area (Å²) in [6, 6.07) is 0. The number of hydrogen-bond acceptors (Lipinski definition) is 9. The van der Waals surface area contributed by atoms with E-state index in [4.69, 9.17) is 20.1 Å². The summed E-state index contributed by atoms with van der Waals surface area (Å²) in [4.78, 5) is 52.3. The summed E-state index contributed by atoms with van der Waals surface area (Å²) in [5.41, 5.74) is 0. The molecule has 1 aliphatic heterocycles. The molecule has 0 aromatic rings. The van der Waals surface area contributed by atoms with Gasteiger partial charge in [0.25, 0.3) is 0 Å². The lowest BCUT2D eigenvalue weighted by molar-refractivity contribution is -0.145. The average Bonchev–Trinajstić information content (AvgIpc) is 2.62. The summed E-state index contributed by atoms with van der Waals surface area (Å²) in [6.45, 7) is 4.25. The normalized spacial score (nSPS) is 18.8. The number of carboxylic acids is 3. The molecule has 3 N–H and O–H groups in total. The summed E-state index contributed by atoms with van der Waals surface area (Å²) >= 11 is 0. The minimum absolute atomic E-state index is 0.0286. The Balaban J connectivity index is 2.92. The van der Waals surface area contributed by atoms with Crippen LogP contribution in [0.15, 0.2) is 0 Å². The summed E-state index contributed by atoms with van der Waals surface area (Å²) in [6.07, 6.45) is 0. The van der Waals surface area contributed by atoms with Crippen molar-refractivity contribution in [2.24, 2.45) is 0 Å². The molecule has 0 saturated carbocycles. The van der Waals surface area contributed by atoms with Crippen LogP contribution in [-0.2, 0) is 23.9 Å². The average molecular weight is 432 g/mol. The van der Waals surface area contributed by atoms with E-state index in [0.29, 0.717) is 52.4 Å². The van der Waals surface area contributed by atoms with E-state index in [1.807, 2.05) is 4.90 Å². The van der Waals surface area contributed by atoms with Crippen LogP contribution in [0, 0.1) is 0 Å². The zero-order valence-electron chi connectivity index (χ0n) is 17.4. The largest absolute Gasteiger partial charge is 0.480 e. The van der Waals surface area contributed by atoms with Crippen molar-refractivity contribution in [2.75, 3.05) is 85.1 Å². The number of carboxylic acid groups (broad SMARTS) is 3. The van der Waals surface area contributed by atoms with Gasteiger partial charge in [-0.25, -0.2) is 0 Å². The van der Waals surface area contributed by atoms with Crippen LogP contribution < -0.4 is 0 Å². The van der Waals surface area contributed by atoms with Crippen LogP contribution >= 0.6 is 0 Å². The Labute approximate surface area is 175 Å². The molecule has 0 aromatic carbocycles. The lowest BCUT2D eigenvalue weighted by Gasteiger charge is -2.32. The Bertz CT molecular complexity index is 557. The molecule has 1 saturated heterocycles. The molecule has 0 radical (unpaired) electrons. The molecule has 0 atom stereocenters. The highest BCUT2D eigenvalue weighted by atomic mass is 16.5. The van der Waals surface area contributed by atoms with Gasteiger partial charge in [0.15, 0.2) is 0 Å². The van der Waals surface area contributed by atoms with Gasteiger partial charge >= 0.3 is 23.9 Å². The van der Waals surface area contributed by atoms with Gasteiger partial charge in [-0.3, -0.25) is 38.8 Å². The predicted octanol–water partition coefficient (Wildman–Crippen LogP) is -1.98. The van der Waals surface area contributed by atoms with Crippen molar-refractivity contribution in [2.45, 2.75) is 6.92 Å². The van der Waals surface area contributed by atoms with E-state index in [9.17, 15) is 19.2 Å². The maximum atomic E-state index is 11.9. The van der Waals surface area contributed by atoms with Crippen molar-refractivity contribution < 1.29 is 39.2 Å². The third-order valence-corrected chi connectivity index (χ3v) is 4.66. The maximum absolute atomic E-state index is 11.9. The molecule has 30 heavy (non-hydrogen) atoms. The fourth-order valence-electron chi connectivity index (χ4n) is 3.17. The second kappa shape index (κ2) is 13.9. The molecule has 0 unspecified atom stereocenters. The highest BCUT2D eigenvalue weighted by Gasteiger charge is 2.21. The van der Waals surface area contributed by atoms with Crippen LogP contribution in [-0.4, -0.2) is 144 Å². The Morgan fingerprint density at radius 3 is 1.10 bits per heavy atom. The number of hydrogen-bond donors (Lipinski definition) is 3. The molecule has 0 bridgehead atoms. The van der Waals surface area contributed by atoms with Crippen LogP contribution in [0.25, 0.3) is 0 Å². The molecule has 0 amide bonds. The molecule has 0 spiro atoms. The van der Waals surface area contributed by atoms with Gasteiger partial charge < -0.3 is 20.1 Å². The van der Waals surface area contributed by atoms with E-state index in [0.717, 1.165) is 0 Å². The first-order valence-corrected chi connectivity index (χ1v) is 9.90. The molecule has 0 aliphatic carbocycles. The van der Waals surface area contributed by atoms with Gasteiger partial charge in [0, 0.05) is 52.4 Å². The monoisotopic (exact) mass is 432 g/mol. The second-order valence-electron chi connectivity index (χ2n) is 7.09. The molecule has 1 fully saturated rings. The van der Waals surface area contributed by atoms with Crippen LogP contribution in [0.1, 0.15) is 6.92 Å². The van der Waals surface area contributed by atoms with Gasteiger partial charge in [-0.05, 0) is 6.92 Å². The van der Waals surface area contributed by atoms with Crippen molar-refractivity contribution in [1.82, 2.24) is 19.6 Å². The molecule has 12 heteroatoms. The smallest absolute Gasteiger partial charge is 0.320 e. The topological polar surface area (TPSA) is 151 Å². The van der Waals surface area contributed by atoms with Gasteiger partial charge in [-0.15, -0.1) is 0 Å². The van der Waals surface area contributed by atoms with E-state index < -0.39 is 23.9 Å². The van der Waals surface area contributed by atoms with Gasteiger partial charge in [0.2, 0.25) is 0 Å². The lowest BCUT2D eigenvalue weighted by Crippen LogP contribution is -2.49. The predicted molar refractivity (Wildman–Crippen MR) is 105 cm³/mol. The quantitative estimate of drug-likeness (QED) is 0.346. The standard InChI is InChI=1S/C18H32N4O8/c1-2-30-18(29)14-22-9-7-20(12-16(25)26)5-3-19(11-15(23)24)4-6-21(8-10-22)13-17(27)28/h2-14H2,1H3,(H,23,24)(H,25,26)(H,27,28). The van der Waals surface area contributed by atoms with Gasteiger partial charge in [0.05, 0.1) is 32.8 Å². The van der Waals surface area contributed by atoms with Crippen molar-refractivity contribution in [3.63, 3.8) is 0 Å². The highest BCUT2D eigenvalue weighted by molar-refractivity contribution is 5.71. The SMILES string of the molecule is CCOC(=O)CN1CCN(CC(=O)O)CCN(CC(=O)O)CCN(CC(=O)O)CC1. The Hall–Kier alpha value is -2.28. The first-order valence-electron chi connectivity index (χ1n) is 9.90. The zero-order chi connectivity index (χ0) is 22.5. The lowest BCUT2D eigenvalue weighted by atomic mass is 10.3. The Kier molecular flexibility index (Phi) is 11.9. The molecule has 12 nitrogen and oxygen atoms in total. The van der Waals surface area contributed by atoms with E-state index in [1.54, 1.807) is 21.6 Å². The molecule has 1 heterocycles. The van der Waals surface area contributed by atoms with Crippen molar-refractivity contribution >= 4 is 23.9 Å². The minimum atomic E-state index is -1.00. The molecule has 1 rings (SSSR count). The number of nitrogens with zero attached hydrogens (tertiary/aromatic N) is 4. The van der Waals surface area contributed by atoms with Gasteiger partial charge in [0.1, 0.15) is 0 Å². The molecule has 172 valence electrons. The molecular formula is C18H32N4O8. The van der Waals surface area contributed by atoms with E-state index in [-0.39, 0.29) is 32.8 Å². The van der Waals surface area contributed by atoms with E-state index in [1.165, 1.54) is 0 Å². The number of rotatable bonds is 9. The Morgan fingerprint density at radius 2 is 0.867 bits per heavy atom. The van der Waals surface area contributed by atoms with Crippen molar-refractivity contribution in [3.05, 3.63) is 0 Å². The number of carbonyl (C=O) groups excluding carboxylic acids is 1. The third kappa shape index (κ3) is 11.7. The highest BCUT2D eigenvalue weighted by Crippen LogP contribution is 2.02. The second-order valence-corrected chi connectivity index (χ2v) is 7.09. The molecule has 1 aliphatic rings. The fourth-order valence-corrected chi connectivity index (χ4v) is 3.17. The summed E-state index contributed by atoms with van der Waals surface area (Å²) in [7, 11) is 0. The van der Waals surface area contributed by atoms with Gasteiger partial charge in [-0.2, -0.15) is 0 Å². The summed E-state index contributed by atoms with van der Waals surface area (Å²) in [5, 5.41) is 27.5. The van der Waals surface area contributed by atoms with Gasteiger partial charge in [-0.1, -0.05) is 0 Å². The summed E-state index contributed by atoms with van der Waals surface area (Å²) in [5.74, 6) is -3.38. The number of carbonyl (C=O) groups is 4. The van der Waals surface area contributed by atoms with Crippen molar-refractivity contribution in [3.8, 4) is 0 Å². The van der Waals surface area contributed by atoms with Crippen LogP contribution in [0.4, 0.5) is 0 Å². The first kappa shape index (κ1) is 25.8. The molecule has 0 aromatic heterocycles. The fraction of sp³-hybridized carbons (Fsp3) is 0.778.